The van der Waals surface area contributed by atoms with Crippen LogP contribution < -0.4 is 14.2 Å². The van der Waals surface area contributed by atoms with Gasteiger partial charge in [-0.3, -0.25) is 0 Å². The predicted molar refractivity (Wildman–Crippen MR) is 73.9 cm³/mol. The van der Waals surface area contributed by atoms with E-state index in [1.165, 1.54) is 0 Å². The van der Waals surface area contributed by atoms with Crippen LogP contribution in [0.4, 0.5) is 0 Å². The topological polar surface area (TPSA) is 27.7 Å². The number of ether oxygens (including phenoxy) is 3. The first kappa shape index (κ1) is 14.4. The Balaban J connectivity index is 2.87. The fraction of sp³-hybridized carbons (Fsp3) is 0.467. The molecule has 0 N–H and O–H groups in total. The largest absolute Gasteiger partial charge is 0.493 e. The van der Waals surface area contributed by atoms with Gasteiger partial charge in [0.1, 0.15) is 0 Å². The number of aryl methyl sites for hydroxylation is 1. The Hall–Kier alpha value is -1.64. The van der Waals surface area contributed by atoms with E-state index in [1.807, 2.05) is 18.2 Å². The number of methoxy groups -OCH3 is 3. The first-order valence-corrected chi connectivity index (χ1v) is 6.17. The molecule has 0 spiro atoms. The number of rotatable bonds is 8. The lowest BCUT2D eigenvalue weighted by atomic mass is 10.0. The molecule has 0 atom stereocenters. The molecule has 1 aromatic carbocycles. The molecule has 1 aromatic rings. The van der Waals surface area contributed by atoms with Crippen molar-refractivity contribution in [2.24, 2.45) is 0 Å². The summed E-state index contributed by atoms with van der Waals surface area (Å²) in [5.74, 6) is 2.14. The fourth-order valence-electron chi connectivity index (χ4n) is 1.96. The third-order valence-corrected chi connectivity index (χ3v) is 2.89. The second-order valence-electron chi connectivity index (χ2n) is 4.03. The van der Waals surface area contributed by atoms with Gasteiger partial charge in [0, 0.05) is 0 Å². The van der Waals surface area contributed by atoms with Gasteiger partial charge in [-0.05, 0) is 37.3 Å². The van der Waals surface area contributed by atoms with E-state index in [-0.39, 0.29) is 0 Å². The summed E-state index contributed by atoms with van der Waals surface area (Å²) >= 11 is 0. The van der Waals surface area contributed by atoms with Crippen molar-refractivity contribution >= 4 is 0 Å². The molecule has 3 heteroatoms. The van der Waals surface area contributed by atoms with Crippen LogP contribution in [0.15, 0.2) is 24.8 Å². The van der Waals surface area contributed by atoms with Gasteiger partial charge in [0.15, 0.2) is 11.5 Å². The zero-order chi connectivity index (χ0) is 13.4. The second-order valence-corrected chi connectivity index (χ2v) is 4.03. The van der Waals surface area contributed by atoms with Crippen LogP contribution >= 0.6 is 0 Å². The average molecular weight is 250 g/mol. The van der Waals surface area contributed by atoms with Gasteiger partial charge in [-0.15, -0.1) is 6.58 Å². The Morgan fingerprint density at radius 2 is 1.72 bits per heavy atom. The van der Waals surface area contributed by atoms with Crippen molar-refractivity contribution in [2.75, 3.05) is 21.3 Å². The predicted octanol–water partition coefficient (Wildman–Crippen LogP) is 3.61. The van der Waals surface area contributed by atoms with Crippen LogP contribution in [-0.4, -0.2) is 21.3 Å². The smallest absolute Gasteiger partial charge is 0.203 e. The molecule has 3 nitrogen and oxygen atoms in total. The molecule has 1 rings (SSSR count). The summed E-state index contributed by atoms with van der Waals surface area (Å²) in [6, 6.07) is 3.96. The van der Waals surface area contributed by atoms with E-state index in [1.54, 1.807) is 21.3 Å². The highest BCUT2D eigenvalue weighted by Crippen LogP contribution is 2.40. The van der Waals surface area contributed by atoms with Gasteiger partial charge in [-0.25, -0.2) is 0 Å². The Kier molecular flexibility index (Phi) is 6.12. The maximum atomic E-state index is 5.44. The summed E-state index contributed by atoms with van der Waals surface area (Å²) in [5, 5.41) is 0. The van der Waals surface area contributed by atoms with Crippen LogP contribution in [0.3, 0.4) is 0 Å². The zero-order valence-corrected chi connectivity index (χ0v) is 11.5. The van der Waals surface area contributed by atoms with E-state index < -0.39 is 0 Å². The van der Waals surface area contributed by atoms with Crippen LogP contribution in [0.25, 0.3) is 0 Å². The molecule has 0 saturated carbocycles. The van der Waals surface area contributed by atoms with Crippen molar-refractivity contribution in [2.45, 2.75) is 25.7 Å². The molecule has 18 heavy (non-hydrogen) atoms. The molecule has 0 bridgehead atoms. The molecule has 0 aliphatic rings. The van der Waals surface area contributed by atoms with E-state index in [0.717, 1.165) is 37.0 Å². The Bertz CT molecular complexity index is 386. The molecule has 0 aromatic heterocycles. The highest BCUT2D eigenvalue weighted by molar-refractivity contribution is 5.55. The Morgan fingerprint density at radius 3 is 2.28 bits per heavy atom. The molecular formula is C15H22O3. The van der Waals surface area contributed by atoms with Gasteiger partial charge in [0.05, 0.1) is 21.3 Å². The van der Waals surface area contributed by atoms with E-state index in [9.17, 15) is 0 Å². The van der Waals surface area contributed by atoms with E-state index in [0.29, 0.717) is 11.5 Å². The Labute approximate surface area is 109 Å². The maximum absolute atomic E-state index is 5.44. The van der Waals surface area contributed by atoms with Crippen LogP contribution in [-0.2, 0) is 6.42 Å². The van der Waals surface area contributed by atoms with Gasteiger partial charge in [-0.1, -0.05) is 12.1 Å². The molecule has 100 valence electrons. The quantitative estimate of drug-likeness (QED) is 0.521. The summed E-state index contributed by atoms with van der Waals surface area (Å²) in [4.78, 5) is 0. The van der Waals surface area contributed by atoms with Crippen LogP contribution in [0.2, 0.25) is 0 Å². The molecule has 0 heterocycles. The number of unbranched alkanes of at least 4 members (excludes halogenated alkanes) is 2. The van der Waals surface area contributed by atoms with Gasteiger partial charge in [-0.2, -0.15) is 0 Å². The second kappa shape index (κ2) is 7.64. The third kappa shape index (κ3) is 3.42. The van der Waals surface area contributed by atoms with Crippen molar-refractivity contribution in [3.63, 3.8) is 0 Å². The lowest BCUT2D eigenvalue weighted by Crippen LogP contribution is -1.99. The van der Waals surface area contributed by atoms with Crippen molar-refractivity contribution in [3.05, 3.63) is 30.4 Å². The SMILES string of the molecule is C=CCCCCc1ccc(OC)c(OC)c1OC. The van der Waals surface area contributed by atoms with E-state index in [2.05, 4.69) is 6.58 Å². The summed E-state index contributed by atoms with van der Waals surface area (Å²) in [6.45, 7) is 3.73. The van der Waals surface area contributed by atoms with Crippen molar-refractivity contribution in [3.8, 4) is 17.2 Å². The molecule has 0 aliphatic carbocycles. The van der Waals surface area contributed by atoms with E-state index in [4.69, 9.17) is 14.2 Å². The molecule has 0 radical (unpaired) electrons. The highest BCUT2D eigenvalue weighted by atomic mass is 16.5. The summed E-state index contributed by atoms with van der Waals surface area (Å²) in [5.41, 5.74) is 1.15. The monoisotopic (exact) mass is 250 g/mol. The first-order valence-electron chi connectivity index (χ1n) is 6.17. The number of allylic oxidation sites excluding steroid dienone is 1. The minimum atomic E-state index is 0.668. The molecule has 0 saturated heterocycles. The lowest BCUT2D eigenvalue weighted by molar-refractivity contribution is 0.322. The number of hydrogen-bond acceptors (Lipinski definition) is 3. The minimum absolute atomic E-state index is 0.668. The molecular weight excluding hydrogens is 228 g/mol. The minimum Gasteiger partial charge on any atom is -0.493 e. The lowest BCUT2D eigenvalue weighted by Gasteiger charge is -2.15. The first-order chi connectivity index (χ1) is 8.78. The normalized spacial score (nSPS) is 9.94. The molecule has 0 amide bonds. The van der Waals surface area contributed by atoms with Crippen LogP contribution in [0.1, 0.15) is 24.8 Å². The van der Waals surface area contributed by atoms with E-state index >= 15 is 0 Å². The van der Waals surface area contributed by atoms with Crippen LogP contribution in [0.5, 0.6) is 17.2 Å². The standard InChI is InChI=1S/C15H22O3/c1-5-6-7-8-9-12-10-11-13(16-2)15(18-4)14(12)17-3/h5,10-11H,1,6-9H2,2-4H3. The zero-order valence-electron chi connectivity index (χ0n) is 11.5. The van der Waals surface area contributed by atoms with Gasteiger partial charge in [0.25, 0.3) is 0 Å². The van der Waals surface area contributed by atoms with Crippen LogP contribution in [0, 0.1) is 0 Å². The maximum Gasteiger partial charge on any atom is 0.203 e. The Morgan fingerprint density at radius 1 is 1.00 bits per heavy atom. The molecule has 0 aliphatic heterocycles. The summed E-state index contributed by atoms with van der Waals surface area (Å²) in [6.07, 6.45) is 6.22. The van der Waals surface area contributed by atoms with Crippen molar-refractivity contribution < 1.29 is 14.2 Å². The fourth-order valence-corrected chi connectivity index (χ4v) is 1.96. The van der Waals surface area contributed by atoms with Gasteiger partial charge in [0.2, 0.25) is 5.75 Å². The summed E-state index contributed by atoms with van der Waals surface area (Å²) < 4.78 is 16.1. The van der Waals surface area contributed by atoms with Crippen molar-refractivity contribution in [1.29, 1.82) is 0 Å². The number of hydrogen-bond donors (Lipinski definition) is 0. The average Bonchev–Trinajstić information content (AvgIpc) is 2.42. The molecule has 0 unspecified atom stereocenters. The van der Waals surface area contributed by atoms with Crippen molar-refractivity contribution in [1.82, 2.24) is 0 Å². The summed E-state index contributed by atoms with van der Waals surface area (Å²) in [7, 11) is 4.91. The highest BCUT2D eigenvalue weighted by Gasteiger charge is 2.15. The molecule has 0 fully saturated rings. The third-order valence-electron chi connectivity index (χ3n) is 2.89. The van der Waals surface area contributed by atoms with Gasteiger partial charge >= 0.3 is 0 Å². The number of benzene rings is 1. The van der Waals surface area contributed by atoms with Gasteiger partial charge < -0.3 is 14.2 Å².